The van der Waals surface area contributed by atoms with Gasteiger partial charge >= 0.3 is 0 Å². The van der Waals surface area contributed by atoms with Crippen molar-refractivity contribution >= 4 is 113 Å². The Balaban J connectivity index is 0.000000123. The third-order valence-corrected chi connectivity index (χ3v) is 22.6. The zero-order valence-corrected chi connectivity index (χ0v) is 64.9. The van der Waals surface area contributed by atoms with Crippen LogP contribution in [-0.4, -0.2) is 197 Å². The number of ketones is 1. The second kappa shape index (κ2) is 33.9. The minimum absolute atomic E-state index is 0.00548. The maximum Gasteiger partial charge on any atom is 0.234 e. The molecule has 1 aliphatic carbocycles. The van der Waals surface area contributed by atoms with E-state index in [1.807, 2.05) is 95.5 Å². The first kappa shape index (κ1) is 76.4. The molecule has 1 saturated carbocycles. The maximum atomic E-state index is 14.0. The van der Waals surface area contributed by atoms with Crippen LogP contribution in [0.2, 0.25) is 0 Å². The first-order chi connectivity index (χ1) is 53.8. The van der Waals surface area contributed by atoms with Gasteiger partial charge in [0.1, 0.15) is 44.5 Å². The van der Waals surface area contributed by atoms with E-state index < -0.39 is 5.67 Å². The largest absolute Gasteiger partial charge is 0.441 e. The van der Waals surface area contributed by atoms with Crippen molar-refractivity contribution in [2.45, 2.75) is 136 Å². The molecule has 0 aromatic carbocycles. The number of rotatable bonds is 18. The van der Waals surface area contributed by atoms with E-state index in [9.17, 15) is 23.6 Å². The molecule has 2 unspecified atom stereocenters. The van der Waals surface area contributed by atoms with Crippen LogP contribution < -0.4 is 21.3 Å². The Morgan fingerprint density at radius 2 is 1.05 bits per heavy atom. The number of carbonyl (C=O) groups is 4. The number of oxazole rings is 2. The average molecular weight is 1540 g/mol. The van der Waals surface area contributed by atoms with E-state index in [2.05, 4.69) is 130 Å². The summed E-state index contributed by atoms with van der Waals surface area (Å²) < 4.78 is 25.4. The first-order valence-electron chi connectivity index (χ1n) is 37.8. The fourth-order valence-corrected chi connectivity index (χ4v) is 17.0. The minimum atomic E-state index is -0.954. The monoisotopic (exact) mass is 1540 g/mol. The highest BCUT2D eigenvalue weighted by molar-refractivity contribution is 7.13. The molecule has 9 atom stereocenters. The van der Waals surface area contributed by atoms with Crippen molar-refractivity contribution < 1.29 is 32.4 Å². The van der Waals surface area contributed by atoms with Crippen LogP contribution in [0, 0.1) is 55.3 Å². The van der Waals surface area contributed by atoms with Crippen molar-refractivity contribution in [1.82, 2.24) is 84.6 Å². The number of H-pyrrole nitrogens is 4. The number of aromatic amines is 4. The van der Waals surface area contributed by atoms with Crippen molar-refractivity contribution in [3.05, 3.63) is 115 Å². The Hall–Kier alpha value is -11.3. The van der Waals surface area contributed by atoms with Crippen LogP contribution >= 0.6 is 22.7 Å². The fourth-order valence-electron chi connectivity index (χ4n) is 15.8. The molecule has 5 aliphatic rings. The number of aromatic nitrogens is 13. The van der Waals surface area contributed by atoms with E-state index >= 15 is 0 Å². The molecule has 3 amide bonds. The topological polar surface area (TPSA) is 335 Å². The lowest BCUT2D eigenvalue weighted by molar-refractivity contribution is -0.132. The summed E-state index contributed by atoms with van der Waals surface area (Å²) in [6, 6.07) is 8.67. The number of fused-ring (bicyclic) bond motifs is 4. The van der Waals surface area contributed by atoms with Crippen LogP contribution in [-0.2, 0) is 14.4 Å². The molecule has 8 N–H and O–H groups in total. The molecular weight excluding hydrogens is 1450 g/mol. The highest BCUT2D eigenvalue weighted by atomic mass is 32.1. The zero-order valence-electron chi connectivity index (χ0n) is 63.3. The molecule has 12 aromatic rings. The van der Waals surface area contributed by atoms with E-state index in [0.29, 0.717) is 73.6 Å². The Morgan fingerprint density at radius 1 is 0.586 bits per heavy atom. The summed E-state index contributed by atoms with van der Waals surface area (Å²) >= 11 is 3.10. The standard InChI is InChI=1S/C21H26FN5S.C21H23N5O2.C20H23N5O3.C19H20N6OS/c1-13-7-15(12-27(10-13)11-14-8-21(14,2)22)26-18-16-3-4-23-19(16)25-9-17(18)20-24-5-6-28-20;1-4-5-18(27)26-11-13(2)8-15(12-26)25-19-16-6-7-22-20(16)23-10-17(19)21-24-9-14(3)28-21;1-3-17(27)25-8-4-5-13(11-25)24-18-14-6-7-21-19(14)22-9-15(18)20-23-10-16(28-20)12(2)26;1-3-4-16(26)25-9-12(2)7-13(10-25)23-17-14-5-6-20-18(14)21-8-15(17)19-24-22-11-27-19/h3-6,9,13-15H,7-8,10-12H2,1-2H3,(H2,23,25,26);1,6-7,9-10,13,15H,5,8,11-12H2,2-3H3,(H2,22,23,25);6-7,9-10,13H,3-5,8,11H2,1-2H3,(H2,21,22,24);1,5-6,8,11-13H,4,7,9-10H2,2H3,(H2,20,21,23)/t13-,14?,15+,21?;13-,15+;13-;12-,13+/m0010/s1. The lowest BCUT2D eigenvalue weighted by Crippen LogP contribution is -2.48. The third kappa shape index (κ3) is 17.8. The zero-order chi connectivity index (χ0) is 77.5. The van der Waals surface area contributed by atoms with E-state index in [0.717, 1.165) is 171 Å². The van der Waals surface area contributed by atoms with Crippen LogP contribution in [0.4, 0.5) is 27.1 Å². The highest BCUT2D eigenvalue weighted by Crippen LogP contribution is 2.48. The maximum absolute atomic E-state index is 14.0. The molecule has 4 saturated heterocycles. The molecule has 5 fully saturated rings. The van der Waals surface area contributed by atoms with Crippen molar-refractivity contribution in [3.63, 3.8) is 0 Å². The smallest absolute Gasteiger partial charge is 0.234 e. The van der Waals surface area contributed by atoms with Gasteiger partial charge in [0.15, 0.2) is 16.6 Å². The Morgan fingerprint density at radius 3 is 1.50 bits per heavy atom. The number of hydrogen-bond acceptors (Lipinski definition) is 22. The van der Waals surface area contributed by atoms with Crippen LogP contribution in [0.1, 0.15) is 116 Å². The number of anilines is 4. The summed E-state index contributed by atoms with van der Waals surface area (Å²) in [5.41, 5.74) is 11.3. The summed E-state index contributed by atoms with van der Waals surface area (Å²) in [5, 5.41) is 30.6. The molecule has 4 aliphatic heterocycles. The van der Waals surface area contributed by atoms with Crippen molar-refractivity contribution in [3.8, 4) is 68.7 Å². The molecule has 0 bridgehead atoms. The van der Waals surface area contributed by atoms with Gasteiger partial charge in [-0.25, -0.2) is 39.3 Å². The van der Waals surface area contributed by atoms with Crippen molar-refractivity contribution in [2.75, 3.05) is 80.2 Å². The van der Waals surface area contributed by atoms with Crippen molar-refractivity contribution in [1.29, 1.82) is 0 Å². The number of pyridine rings is 4. The molecule has 30 heteroatoms. The number of hydrogen-bond donors (Lipinski definition) is 8. The summed E-state index contributed by atoms with van der Waals surface area (Å²) in [6.07, 6.45) is 36.7. The number of carbonyl (C=O) groups excluding carboxylic acids is 4. The first-order valence-corrected chi connectivity index (χ1v) is 39.6. The Kier molecular flexibility index (Phi) is 23.3. The van der Waals surface area contributed by atoms with Gasteiger partial charge in [-0.05, 0) is 94.4 Å². The van der Waals surface area contributed by atoms with Gasteiger partial charge in [-0.15, -0.1) is 34.4 Å². The number of likely N-dealkylation sites (tertiary alicyclic amines) is 4. The molecule has 12 aromatic heterocycles. The van der Waals surface area contributed by atoms with Gasteiger partial charge in [-0.1, -0.05) is 50.9 Å². The third-order valence-electron chi connectivity index (χ3n) is 21.1. The number of amides is 3. The molecule has 111 heavy (non-hydrogen) atoms. The lowest BCUT2D eigenvalue weighted by Gasteiger charge is -2.37. The van der Waals surface area contributed by atoms with Gasteiger partial charge in [0.25, 0.3) is 0 Å². The highest BCUT2D eigenvalue weighted by Gasteiger charge is 2.52. The van der Waals surface area contributed by atoms with Crippen LogP contribution in [0.25, 0.3) is 88.2 Å². The number of piperidine rings is 4. The van der Waals surface area contributed by atoms with Crippen LogP contribution in [0.3, 0.4) is 0 Å². The summed E-state index contributed by atoms with van der Waals surface area (Å²) in [6.45, 7) is 20.6. The number of aryl methyl sites for hydroxylation is 1. The fraction of sp³-hybridized carbons (Fsp3) is 0.420. The molecule has 17 rings (SSSR count). The molecular formula is C81H92FN21O6S2. The van der Waals surface area contributed by atoms with Crippen LogP contribution in [0.5, 0.6) is 0 Å². The SMILES string of the molecule is C#CCC(=O)N1C[C@@H](C)C[C@@H](Nc2c(-c3ncc(C)o3)cnc3[nH]ccc23)C1.C#CCC(=O)N1C[C@@H](C)C[C@@H](Nc2c(-c3nncs3)cnc3[nH]ccc23)C1.CCC(=O)N1CCC[C@@H](Nc2c(-c3ncc(C(C)=O)o3)cnc3[nH]ccc23)C1.C[C@H]1C[C@@H](Nc2c(-c3nccs3)cnc3[nH]ccc23)CN(CC2CC2(C)F)C1. The molecule has 16 heterocycles. The van der Waals surface area contributed by atoms with Gasteiger partial charge in [0, 0.05) is 185 Å². The lowest BCUT2D eigenvalue weighted by atomic mass is 9.95. The van der Waals surface area contributed by atoms with Gasteiger partial charge < -0.3 is 69.6 Å². The van der Waals surface area contributed by atoms with Crippen LogP contribution in [0.15, 0.2) is 112 Å². The second-order valence-corrected chi connectivity index (χ2v) is 31.8. The van der Waals surface area contributed by atoms with E-state index in [4.69, 9.17) is 21.7 Å². The van der Waals surface area contributed by atoms with Gasteiger partial charge in [0.2, 0.25) is 29.5 Å². The Bertz CT molecular complexity index is 5340. The summed E-state index contributed by atoms with van der Waals surface area (Å²) in [7, 11) is 0. The van der Waals surface area contributed by atoms with E-state index in [-0.39, 0.29) is 66.2 Å². The van der Waals surface area contributed by atoms with E-state index in [1.54, 1.807) is 42.4 Å². The molecule has 576 valence electrons. The molecule has 27 nitrogen and oxygen atoms in total. The number of terminal acetylenes is 2. The van der Waals surface area contributed by atoms with Gasteiger partial charge in [0.05, 0.1) is 70.2 Å². The average Bonchev–Trinajstić information content (AvgIpc) is 1.70. The number of halogens is 1. The van der Waals surface area contributed by atoms with Gasteiger partial charge in [-0.2, -0.15) is 0 Å². The van der Waals surface area contributed by atoms with E-state index in [1.165, 1.54) is 24.5 Å². The van der Waals surface area contributed by atoms with Gasteiger partial charge in [-0.3, -0.25) is 19.2 Å². The summed E-state index contributed by atoms with van der Waals surface area (Å²) in [5.74, 6) is 8.31. The normalized spacial score (nSPS) is 21.8. The predicted octanol–water partition coefficient (Wildman–Crippen LogP) is 13.7. The molecule has 0 spiro atoms. The Labute approximate surface area is 650 Å². The number of alkyl halides is 1. The molecule has 0 radical (unpaired) electrons. The second-order valence-electron chi connectivity index (χ2n) is 30.1. The predicted molar refractivity (Wildman–Crippen MR) is 431 cm³/mol. The van der Waals surface area contributed by atoms with Crippen molar-refractivity contribution in [2.24, 2.45) is 23.7 Å². The quantitative estimate of drug-likeness (QED) is 0.0292. The minimum Gasteiger partial charge on any atom is -0.441 e. The number of nitrogens with one attached hydrogen (secondary N) is 8. The summed E-state index contributed by atoms with van der Waals surface area (Å²) in [4.78, 5) is 100. The number of Topliss-reactive ketones (excluding diaryl/α,β-unsaturated/α-hetero) is 1. The number of thiazole rings is 1. The number of nitrogens with zero attached hydrogens (tertiary/aromatic N) is 13.